The molecule has 2 aromatic rings. The van der Waals surface area contributed by atoms with Gasteiger partial charge in [0.15, 0.2) is 5.96 Å². The third-order valence-corrected chi connectivity index (χ3v) is 3.45. The van der Waals surface area contributed by atoms with Gasteiger partial charge in [0.05, 0.1) is 13.4 Å². The molecule has 132 valence electrons. The molecule has 1 aromatic carbocycles. The summed E-state index contributed by atoms with van der Waals surface area (Å²) in [5, 5.41) is 16.4. The first-order valence-electron chi connectivity index (χ1n) is 7.55. The van der Waals surface area contributed by atoms with Gasteiger partial charge in [0.2, 0.25) is 0 Å². The molecular weight excluding hydrogens is 421 g/mol. The molecule has 0 aliphatic carbocycles. The lowest BCUT2D eigenvalue weighted by molar-refractivity contribution is 0.406. The molecule has 7 heteroatoms. The summed E-state index contributed by atoms with van der Waals surface area (Å²) in [5.41, 5.74) is 0.865. The van der Waals surface area contributed by atoms with E-state index in [0.717, 1.165) is 30.2 Å². The number of ether oxygens (including phenoxy) is 1. The zero-order chi connectivity index (χ0) is 16.5. The average molecular weight is 445 g/mol. The van der Waals surface area contributed by atoms with Gasteiger partial charge in [-0.15, -0.1) is 24.0 Å². The molecule has 0 unspecified atom stereocenters. The number of guanidine groups is 1. The summed E-state index contributed by atoms with van der Waals surface area (Å²) in [6.07, 6.45) is 3.16. The van der Waals surface area contributed by atoms with E-state index in [4.69, 9.17) is 9.15 Å². The van der Waals surface area contributed by atoms with Crippen molar-refractivity contribution in [3.05, 3.63) is 47.9 Å². The van der Waals surface area contributed by atoms with Gasteiger partial charge in [-0.1, -0.05) is 6.07 Å². The molecule has 0 saturated carbocycles. The van der Waals surface area contributed by atoms with Crippen molar-refractivity contribution in [2.45, 2.75) is 12.8 Å². The fourth-order valence-electron chi connectivity index (χ4n) is 2.18. The van der Waals surface area contributed by atoms with Gasteiger partial charge in [-0.3, -0.25) is 4.99 Å². The summed E-state index contributed by atoms with van der Waals surface area (Å²) in [5.74, 6) is 2.56. The lowest BCUT2D eigenvalue weighted by Gasteiger charge is -2.12. The minimum Gasteiger partial charge on any atom is -0.508 e. The number of aromatic hydroxyl groups is 1. The van der Waals surface area contributed by atoms with Crippen molar-refractivity contribution >= 4 is 29.9 Å². The van der Waals surface area contributed by atoms with E-state index in [0.29, 0.717) is 18.7 Å². The van der Waals surface area contributed by atoms with Crippen molar-refractivity contribution in [2.24, 2.45) is 4.99 Å². The molecule has 0 radical (unpaired) electrons. The van der Waals surface area contributed by atoms with E-state index < -0.39 is 0 Å². The molecule has 24 heavy (non-hydrogen) atoms. The van der Waals surface area contributed by atoms with Crippen LogP contribution in [0.2, 0.25) is 0 Å². The Morgan fingerprint density at radius 1 is 1.21 bits per heavy atom. The van der Waals surface area contributed by atoms with Crippen molar-refractivity contribution < 1.29 is 14.3 Å². The number of methoxy groups -OCH3 is 1. The predicted octanol–water partition coefficient (Wildman–Crippen LogP) is 2.56. The fraction of sp³-hybridized carbons (Fsp3) is 0.353. The molecule has 0 amide bonds. The Balaban J connectivity index is 0.00000288. The third-order valence-electron chi connectivity index (χ3n) is 3.45. The summed E-state index contributed by atoms with van der Waals surface area (Å²) >= 11 is 0. The van der Waals surface area contributed by atoms with Crippen LogP contribution in [0.15, 0.2) is 46.0 Å². The monoisotopic (exact) mass is 445 g/mol. The summed E-state index contributed by atoms with van der Waals surface area (Å²) in [6, 6.07) is 9.15. The molecule has 0 aliphatic rings. The molecule has 1 heterocycles. The van der Waals surface area contributed by atoms with Crippen LogP contribution in [0, 0.1) is 0 Å². The summed E-state index contributed by atoms with van der Waals surface area (Å²) in [6.45, 7) is 1.40. The standard InChI is InChI=1S/C17H23N3O3.HI/c1-18-17(20-10-8-14-4-3-11-23-14)19-9-7-13-5-6-15(22-2)12-16(13)21;/h3-6,11-12,21H,7-10H2,1-2H3,(H2,18,19,20);1H. The van der Waals surface area contributed by atoms with Crippen LogP contribution in [0.5, 0.6) is 11.5 Å². The van der Waals surface area contributed by atoms with Gasteiger partial charge in [0.25, 0.3) is 0 Å². The largest absolute Gasteiger partial charge is 0.508 e. The molecular formula is C17H24IN3O3. The van der Waals surface area contributed by atoms with E-state index in [1.54, 1.807) is 26.5 Å². The molecule has 0 saturated heterocycles. The Labute approximate surface area is 159 Å². The average Bonchev–Trinajstić information content (AvgIpc) is 3.08. The fourth-order valence-corrected chi connectivity index (χ4v) is 2.18. The summed E-state index contributed by atoms with van der Waals surface area (Å²) in [4.78, 5) is 4.17. The van der Waals surface area contributed by atoms with Crippen LogP contribution in [0.1, 0.15) is 11.3 Å². The molecule has 0 bridgehead atoms. The number of rotatable bonds is 7. The van der Waals surface area contributed by atoms with Gasteiger partial charge in [-0.25, -0.2) is 0 Å². The zero-order valence-corrected chi connectivity index (χ0v) is 16.2. The number of hydrogen-bond donors (Lipinski definition) is 3. The van der Waals surface area contributed by atoms with E-state index in [1.807, 2.05) is 24.3 Å². The van der Waals surface area contributed by atoms with Crippen LogP contribution in [-0.2, 0) is 12.8 Å². The minimum absolute atomic E-state index is 0. The van der Waals surface area contributed by atoms with Crippen LogP contribution in [0.3, 0.4) is 0 Å². The highest BCUT2D eigenvalue weighted by atomic mass is 127. The van der Waals surface area contributed by atoms with Crippen molar-refractivity contribution in [1.82, 2.24) is 10.6 Å². The maximum Gasteiger partial charge on any atom is 0.191 e. The normalized spacial score (nSPS) is 10.8. The molecule has 3 N–H and O–H groups in total. The van der Waals surface area contributed by atoms with Gasteiger partial charge in [-0.2, -0.15) is 0 Å². The van der Waals surface area contributed by atoms with E-state index in [-0.39, 0.29) is 29.7 Å². The minimum atomic E-state index is 0. The first-order chi connectivity index (χ1) is 11.2. The number of nitrogens with zero attached hydrogens (tertiary/aromatic N) is 1. The Kier molecular flexibility index (Phi) is 9.06. The number of hydrogen-bond acceptors (Lipinski definition) is 4. The molecule has 0 spiro atoms. The highest BCUT2D eigenvalue weighted by Crippen LogP contribution is 2.23. The lowest BCUT2D eigenvalue weighted by Crippen LogP contribution is -2.39. The number of furan rings is 1. The van der Waals surface area contributed by atoms with Crippen molar-refractivity contribution in [1.29, 1.82) is 0 Å². The quantitative estimate of drug-likeness (QED) is 0.347. The van der Waals surface area contributed by atoms with Crippen LogP contribution < -0.4 is 15.4 Å². The van der Waals surface area contributed by atoms with E-state index in [1.165, 1.54) is 0 Å². The van der Waals surface area contributed by atoms with Gasteiger partial charge >= 0.3 is 0 Å². The van der Waals surface area contributed by atoms with E-state index in [9.17, 15) is 5.11 Å². The molecule has 2 rings (SSSR count). The van der Waals surface area contributed by atoms with Gasteiger partial charge in [0.1, 0.15) is 17.3 Å². The van der Waals surface area contributed by atoms with E-state index in [2.05, 4.69) is 15.6 Å². The number of halogens is 1. The van der Waals surface area contributed by atoms with Crippen LogP contribution in [0.25, 0.3) is 0 Å². The predicted molar refractivity (Wildman–Crippen MR) is 106 cm³/mol. The highest BCUT2D eigenvalue weighted by Gasteiger charge is 2.04. The number of phenols is 1. The number of aliphatic imine (C=N–C) groups is 1. The number of phenolic OH excluding ortho intramolecular Hbond substituents is 1. The second-order valence-electron chi connectivity index (χ2n) is 5.00. The maximum absolute atomic E-state index is 9.93. The zero-order valence-electron chi connectivity index (χ0n) is 13.9. The SMILES string of the molecule is CN=C(NCCc1ccco1)NCCc1ccc(OC)cc1O.I. The maximum atomic E-state index is 9.93. The second-order valence-corrected chi connectivity index (χ2v) is 5.00. The van der Waals surface area contributed by atoms with Crippen LogP contribution in [0.4, 0.5) is 0 Å². The van der Waals surface area contributed by atoms with Gasteiger partial charge < -0.3 is 24.9 Å². The Bertz CT molecular complexity index is 630. The Hall–Kier alpha value is -1.90. The third kappa shape index (κ3) is 6.31. The number of nitrogens with one attached hydrogen (secondary N) is 2. The van der Waals surface area contributed by atoms with Gasteiger partial charge in [0, 0.05) is 32.6 Å². The van der Waals surface area contributed by atoms with Crippen molar-refractivity contribution in [3.63, 3.8) is 0 Å². The Morgan fingerprint density at radius 3 is 2.54 bits per heavy atom. The molecule has 1 aromatic heterocycles. The molecule has 0 atom stereocenters. The van der Waals surface area contributed by atoms with Crippen LogP contribution >= 0.6 is 24.0 Å². The van der Waals surface area contributed by atoms with Crippen molar-refractivity contribution in [3.8, 4) is 11.5 Å². The van der Waals surface area contributed by atoms with Gasteiger partial charge in [-0.05, 0) is 30.2 Å². The first kappa shape index (κ1) is 20.1. The lowest BCUT2D eigenvalue weighted by atomic mass is 10.1. The molecule has 0 aliphatic heterocycles. The first-order valence-corrected chi connectivity index (χ1v) is 7.55. The topological polar surface area (TPSA) is 79.0 Å². The summed E-state index contributed by atoms with van der Waals surface area (Å²) < 4.78 is 10.4. The highest BCUT2D eigenvalue weighted by molar-refractivity contribution is 14.0. The Morgan fingerprint density at radius 2 is 1.96 bits per heavy atom. The number of benzene rings is 1. The second kappa shape index (κ2) is 10.8. The van der Waals surface area contributed by atoms with Crippen LogP contribution in [-0.4, -0.2) is 38.3 Å². The van der Waals surface area contributed by atoms with E-state index >= 15 is 0 Å². The van der Waals surface area contributed by atoms with Crippen molar-refractivity contribution in [2.75, 3.05) is 27.2 Å². The molecule has 0 fully saturated rings. The smallest absolute Gasteiger partial charge is 0.191 e. The molecule has 6 nitrogen and oxygen atoms in total. The summed E-state index contributed by atoms with van der Waals surface area (Å²) in [7, 11) is 3.31.